The third-order valence-corrected chi connectivity index (χ3v) is 11.3. The smallest absolute Gasteiger partial charge is 0.299 e. The molecule has 7 heteroatoms. The van der Waals surface area contributed by atoms with Gasteiger partial charge in [0.25, 0.3) is 5.82 Å². The van der Waals surface area contributed by atoms with Crippen molar-refractivity contribution in [2.24, 2.45) is 7.05 Å². The Balaban J connectivity index is 1.46. The van der Waals surface area contributed by atoms with Crippen molar-refractivity contribution in [3.05, 3.63) is 107 Å². The summed E-state index contributed by atoms with van der Waals surface area (Å²) in [6.45, 7) is 24.1. The van der Waals surface area contributed by atoms with Gasteiger partial charge in [-0.05, 0) is 60.2 Å². The van der Waals surface area contributed by atoms with E-state index in [1.165, 1.54) is 27.9 Å². The molecule has 0 saturated heterocycles. The van der Waals surface area contributed by atoms with Gasteiger partial charge in [0.15, 0.2) is 27.8 Å². The van der Waals surface area contributed by atoms with Gasteiger partial charge in [-0.1, -0.05) is 112 Å². The van der Waals surface area contributed by atoms with Crippen LogP contribution in [0.15, 0.2) is 92.1 Å². The van der Waals surface area contributed by atoms with Crippen LogP contribution in [0.3, 0.4) is 0 Å². The lowest BCUT2D eigenvalue weighted by Crippen LogP contribution is -2.30. The van der Waals surface area contributed by atoms with Gasteiger partial charge in [-0.15, -0.1) is 0 Å². The zero-order chi connectivity index (χ0) is 39.6. The van der Waals surface area contributed by atoms with Crippen molar-refractivity contribution in [3.8, 4) is 28.2 Å². The van der Waals surface area contributed by atoms with E-state index in [1.807, 2.05) is 6.07 Å². The molecule has 0 spiro atoms. The molecule has 0 atom stereocenters. The summed E-state index contributed by atoms with van der Waals surface area (Å²) in [5.41, 5.74) is 14.4. The number of imidazole rings is 1. The fourth-order valence-electron chi connectivity index (χ4n) is 8.30. The van der Waals surface area contributed by atoms with Gasteiger partial charge in [0, 0.05) is 39.0 Å². The molecule has 284 valence electrons. The highest BCUT2D eigenvalue weighted by molar-refractivity contribution is 6.22. The summed E-state index contributed by atoms with van der Waals surface area (Å²) in [5, 5.41) is 1.84. The van der Waals surface area contributed by atoms with Gasteiger partial charge >= 0.3 is 0 Å². The zero-order valence-electron chi connectivity index (χ0n) is 34.7. The Hall–Kier alpha value is -5.69. The number of hydrogen-bond donors (Lipinski definition) is 0. The molecular weight excluding hydrogens is 693 g/mol. The molecule has 0 aliphatic heterocycles. The first-order valence-corrected chi connectivity index (χ1v) is 19.9. The number of rotatable bonds is 5. The molecule has 56 heavy (non-hydrogen) atoms. The van der Waals surface area contributed by atoms with Crippen molar-refractivity contribution in [1.82, 2.24) is 14.5 Å². The number of aromatic nitrogens is 4. The van der Waals surface area contributed by atoms with E-state index in [9.17, 15) is 0 Å². The molecule has 0 fully saturated rings. The highest BCUT2D eigenvalue weighted by Crippen LogP contribution is 2.47. The molecule has 9 aromatic rings. The number of fused-ring (bicyclic) bond motifs is 7. The second-order valence-corrected chi connectivity index (χ2v) is 18.2. The minimum absolute atomic E-state index is 0.237. The molecule has 0 N–H and O–H groups in total. The molecule has 0 unspecified atom stereocenters. The van der Waals surface area contributed by atoms with Gasteiger partial charge in [0.2, 0.25) is 11.8 Å². The fourth-order valence-corrected chi connectivity index (χ4v) is 8.30. The summed E-state index contributed by atoms with van der Waals surface area (Å²) >= 11 is 0. The molecule has 0 bridgehead atoms. The molecule has 0 aliphatic rings. The molecule has 9 rings (SSSR count). The topological polar surface area (TPSA) is 74.0 Å². The number of para-hydroxylation sites is 2. The fraction of sp³-hybridized carbons (Fsp3) is 0.327. The van der Waals surface area contributed by atoms with Crippen LogP contribution >= 0.6 is 0 Å². The van der Waals surface area contributed by atoms with Crippen molar-refractivity contribution in [1.29, 1.82) is 0 Å². The third-order valence-electron chi connectivity index (χ3n) is 11.3. The molecule has 4 aromatic heterocycles. The summed E-state index contributed by atoms with van der Waals surface area (Å²) in [7, 11) is 2.17. The van der Waals surface area contributed by atoms with Crippen molar-refractivity contribution in [2.45, 2.75) is 98.8 Å². The van der Waals surface area contributed by atoms with E-state index in [-0.39, 0.29) is 22.7 Å². The summed E-state index contributed by atoms with van der Waals surface area (Å²) < 4.78 is 25.2. The van der Waals surface area contributed by atoms with Crippen LogP contribution in [0.5, 0.6) is 0 Å². The molecule has 0 aliphatic carbocycles. The highest BCUT2D eigenvalue weighted by atomic mass is 16.4. The van der Waals surface area contributed by atoms with Crippen LogP contribution in [0.4, 0.5) is 0 Å². The molecular formula is C49H51N4O3+. The first-order valence-electron chi connectivity index (χ1n) is 19.9. The zero-order valence-corrected chi connectivity index (χ0v) is 34.7. The minimum Gasteiger partial charge on any atom is -0.455 e. The van der Waals surface area contributed by atoms with Crippen LogP contribution in [0.25, 0.3) is 83.4 Å². The van der Waals surface area contributed by atoms with Gasteiger partial charge in [0.1, 0.15) is 27.9 Å². The van der Waals surface area contributed by atoms with E-state index in [2.05, 4.69) is 165 Å². The Labute approximate surface area is 328 Å². The third kappa shape index (κ3) is 5.41. The maximum absolute atomic E-state index is 7.11. The first kappa shape index (κ1) is 36.0. The van der Waals surface area contributed by atoms with E-state index in [1.54, 1.807) is 0 Å². The number of hydrogen-bond acceptors (Lipinski definition) is 5. The van der Waals surface area contributed by atoms with Gasteiger partial charge in [-0.3, -0.25) is 0 Å². The molecule has 5 aromatic carbocycles. The van der Waals surface area contributed by atoms with Gasteiger partial charge in [-0.25, -0.2) is 14.5 Å². The SMILES string of the molecule is Cc1c(-c2n(-c3c(C(C)C)cc(-c4ccccc4)cc3C(C)C)c3ccccc3[n+]2C)c2oc3cc4nc(C(C)(C)C)oc4cc3c2c2nc(C(C)(C)C)oc12. The Kier molecular flexibility index (Phi) is 7.97. The first-order chi connectivity index (χ1) is 26.5. The largest absolute Gasteiger partial charge is 0.455 e. The number of benzene rings is 5. The van der Waals surface area contributed by atoms with Crippen LogP contribution in [-0.2, 0) is 17.9 Å². The monoisotopic (exact) mass is 743 g/mol. The van der Waals surface area contributed by atoms with Crippen LogP contribution < -0.4 is 4.57 Å². The summed E-state index contributed by atoms with van der Waals surface area (Å²) in [6.07, 6.45) is 0. The van der Waals surface area contributed by atoms with E-state index in [4.69, 9.17) is 23.2 Å². The van der Waals surface area contributed by atoms with Crippen LogP contribution in [-0.4, -0.2) is 14.5 Å². The number of nitrogens with zero attached hydrogens (tertiary/aromatic N) is 4. The molecule has 7 nitrogen and oxygen atoms in total. The van der Waals surface area contributed by atoms with Crippen molar-refractivity contribution in [3.63, 3.8) is 0 Å². The Morgan fingerprint density at radius 1 is 0.661 bits per heavy atom. The lowest BCUT2D eigenvalue weighted by molar-refractivity contribution is -0.633. The predicted octanol–water partition coefficient (Wildman–Crippen LogP) is 13.1. The normalized spacial score (nSPS) is 13.0. The summed E-state index contributed by atoms with van der Waals surface area (Å²) in [4.78, 5) is 10.1. The average Bonchev–Trinajstić information content (AvgIpc) is 3.93. The van der Waals surface area contributed by atoms with Crippen LogP contribution in [0.1, 0.15) is 110 Å². The average molecular weight is 744 g/mol. The molecule has 4 heterocycles. The Morgan fingerprint density at radius 3 is 1.93 bits per heavy atom. The number of oxazole rings is 2. The summed E-state index contributed by atoms with van der Waals surface area (Å²) in [5.74, 6) is 2.87. The lowest BCUT2D eigenvalue weighted by atomic mass is 9.88. The van der Waals surface area contributed by atoms with Crippen molar-refractivity contribution in [2.75, 3.05) is 0 Å². The number of furan rings is 1. The maximum atomic E-state index is 7.11. The van der Waals surface area contributed by atoms with E-state index < -0.39 is 0 Å². The minimum atomic E-state index is -0.310. The molecule has 0 amide bonds. The summed E-state index contributed by atoms with van der Waals surface area (Å²) in [6, 6.07) is 28.3. The lowest BCUT2D eigenvalue weighted by Gasteiger charge is -2.21. The van der Waals surface area contributed by atoms with Crippen LogP contribution in [0, 0.1) is 6.92 Å². The standard InChI is InChI=1S/C49H51N4O3/c1-26(2)31-22-30(29-18-14-13-15-19-29)23-32(27(3)4)42(31)53-36-21-17-16-20-35(36)52(12)45(53)39-28(5)43-41(51-47(56-43)49(9,10)11)40-33-24-38-34(25-37(33)54-44(39)40)50-46(55-38)48(6,7)8/h13-27H,1-12H3/q+1. The second-order valence-electron chi connectivity index (χ2n) is 18.2. The number of aryl methyl sites for hydroxylation is 2. The maximum Gasteiger partial charge on any atom is 0.299 e. The molecule has 0 saturated carbocycles. The highest BCUT2D eigenvalue weighted by Gasteiger charge is 2.37. The Bertz CT molecular complexity index is 2980. The quantitative estimate of drug-likeness (QED) is 0.164. The van der Waals surface area contributed by atoms with Crippen molar-refractivity contribution >= 4 is 55.2 Å². The van der Waals surface area contributed by atoms with E-state index in [0.29, 0.717) is 11.8 Å². The van der Waals surface area contributed by atoms with Crippen molar-refractivity contribution < 1.29 is 17.8 Å². The van der Waals surface area contributed by atoms with Gasteiger partial charge in [0.05, 0.1) is 12.4 Å². The molecule has 0 radical (unpaired) electrons. The predicted molar refractivity (Wildman–Crippen MR) is 228 cm³/mol. The second kappa shape index (κ2) is 12.4. The van der Waals surface area contributed by atoms with Crippen LogP contribution in [0.2, 0.25) is 0 Å². The van der Waals surface area contributed by atoms with E-state index in [0.717, 1.165) is 72.1 Å². The van der Waals surface area contributed by atoms with Gasteiger partial charge in [-0.2, -0.15) is 4.57 Å². The van der Waals surface area contributed by atoms with Gasteiger partial charge < -0.3 is 13.3 Å². The Morgan fingerprint density at radius 2 is 1.29 bits per heavy atom. The van der Waals surface area contributed by atoms with E-state index >= 15 is 0 Å².